The number of hydrogen-bond donors (Lipinski definition) is 0. The highest BCUT2D eigenvalue weighted by atomic mass is 16.5. The Hall–Kier alpha value is -2.16. The molecule has 1 aliphatic rings. The summed E-state index contributed by atoms with van der Waals surface area (Å²) in [5, 5.41) is 0. The van der Waals surface area contributed by atoms with E-state index in [1.165, 1.54) is 5.56 Å². The van der Waals surface area contributed by atoms with Gasteiger partial charge in [-0.3, -0.25) is 9.78 Å². The van der Waals surface area contributed by atoms with Gasteiger partial charge in [-0.05, 0) is 32.4 Å². The first-order valence-corrected chi connectivity index (χ1v) is 6.75. The molecule has 0 unspecified atom stereocenters. The summed E-state index contributed by atoms with van der Waals surface area (Å²) >= 11 is 0. The topological polar surface area (TPSA) is 39.2 Å². The molecular formula is C17H17NO2. The van der Waals surface area contributed by atoms with Gasteiger partial charge in [-0.15, -0.1) is 0 Å². The van der Waals surface area contributed by atoms with Crippen LogP contribution in [0.2, 0.25) is 0 Å². The summed E-state index contributed by atoms with van der Waals surface area (Å²) in [7, 11) is 0. The molecule has 0 spiro atoms. The monoisotopic (exact) mass is 267 g/mol. The van der Waals surface area contributed by atoms with Gasteiger partial charge in [0.05, 0.1) is 11.1 Å². The van der Waals surface area contributed by atoms with Crippen molar-refractivity contribution >= 4 is 5.97 Å². The average molecular weight is 267 g/mol. The molecule has 0 bridgehead atoms. The third kappa shape index (κ3) is 2.09. The number of rotatable bonds is 1. The lowest BCUT2D eigenvalue weighted by atomic mass is 9.97. The van der Waals surface area contributed by atoms with Gasteiger partial charge in [-0.25, -0.2) is 0 Å². The van der Waals surface area contributed by atoms with Crippen molar-refractivity contribution < 1.29 is 9.53 Å². The summed E-state index contributed by atoms with van der Waals surface area (Å²) in [6.07, 6.45) is 2.47. The zero-order valence-electron chi connectivity index (χ0n) is 11.9. The first-order valence-electron chi connectivity index (χ1n) is 6.75. The van der Waals surface area contributed by atoms with Gasteiger partial charge >= 0.3 is 5.97 Å². The fraction of sp³-hybridized carbons (Fsp3) is 0.294. The first kappa shape index (κ1) is 12.9. The van der Waals surface area contributed by atoms with Crippen molar-refractivity contribution in [1.82, 2.24) is 4.98 Å². The van der Waals surface area contributed by atoms with Crippen molar-refractivity contribution in [2.24, 2.45) is 5.41 Å². The lowest BCUT2D eigenvalue weighted by molar-refractivity contribution is -0.143. The van der Waals surface area contributed by atoms with Gasteiger partial charge in [0.15, 0.2) is 0 Å². The van der Waals surface area contributed by atoms with E-state index in [1.807, 2.05) is 32.9 Å². The Balaban J connectivity index is 2.00. The molecule has 0 aliphatic heterocycles. The van der Waals surface area contributed by atoms with E-state index in [-0.39, 0.29) is 5.97 Å². The number of ether oxygens (including phenoxy) is 1. The van der Waals surface area contributed by atoms with Gasteiger partial charge in [-0.2, -0.15) is 0 Å². The first-order chi connectivity index (χ1) is 9.47. The minimum atomic E-state index is -0.512. The number of hydrogen-bond acceptors (Lipinski definition) is 3. The van der Waals surface area contributed by atoms with E-state index in [0.717, 1.165) is 23.2 Å². The third-order valence-electron chi connectivity index (χ3n) is 3.47. The van der Waals surface area contributed by atoms with E-state index in [9.17, 15) is 4.79 Å². The van der Waals surface area contributed by atoms with Crippen LogP contribution in [0.15, 0.2) is 36.5 Å². The molecule has 0 radical (unpaired) electrons. The highest BCUT2D eigenvalue weighted by Gasteiger charge is 2.28. The summed E-state index contributed by atoms with van der Waals surface area (Å²) in [5.41, 5.74) is 3.79. The van der Waals surface area contributed by atoms with Crippen molar-refractivity contribution in [1.29, 1.82) is 0 Å². The molecule has 0 saturated heterocycles. The fourth-order valence-corrected chi connectivity index (χ4v) is 2.32. The molecule has 0 saturated carbocycles. The maximum absolute atomic E-state index is 12.1. The van der Waals surface area contributed by atoms with E-state index in [0.29, 0.717) is 5.75 Å². The Morgan fingerprint density at radius 3 is 2.70 bits per heavy atom. The van der Waals surface area contributed by atoms with Gasteiger partial charge in [0, 0.05) is 23.7 Å². The van der Waals surface area contributed by atoms with Gasteiger partial charge in [0.25, 0.3) is 0 Å². The lowest BCUT2D eigenvalue weighted by Crippen LogP contribution is -2.26. The molecule has 1 aromatic heterocycles. The number of fused-ring (bicyclic) bond motifs is 3. The summed E-state index contributed by atoms with van der Waals surface area (Å²) in [6, 6.07) is 9.94. The quantitative estimate of drug-likeness (QED) is 0.632. The van der Waals surface area contributed by atoms with Gasteiger partial charge in [0.2, 0.25) is 0 Å². The normalized spacial score (nSPS) is 12.8. The molecule has 1 aliphatic carbocycles. The van der Waals surface area contributed by atoms with Crippen LogP contribution in [0.5, 0.6) is 5.75 Å². The molecule has 1 heterocycles. The second-order valence-electron chi connectivity index (χ2n) is 6.11. The zero-order chi connectivity index (χ0) is 14.3. The van der Waals surface area contributed by atoms with Crippen molar-refractivity contribution in [2.45, 2.75) is 27.2 Å². The second-order valence-corrected chi connectivity index (χ2v) is 6.11. The summed E-state index contributed by atoms with van der Waals surface area (Å²) in [4.78, 5) is 16.5. The summed E-state index contributed by atoms with van der Waals surface area (Å²) in [6.45, 7) is 5.56. The van der Waals surface area contributed by atoms with Crippen molar-refractivity contribution in [3.8, 4) is 17.0 Å². The molecule has 0 amide bonds. The van der Waals surface area contributed by atoms with Gasteiger partial charge < -0.3 is 4.74 Å². The number of pyridine rings is 1. The van der Waals surface area contributed by atoms with E-state index >= 15 is 0 Å². The number of benzene rings is 1. The standard InChI is InChI=1S/C17H17NO2/c1-17(2,3)16(19)20-14-8-9-18-15-12-7-5-4-6-11(12)10-13(14)15/h4-9H,10H2,1-3H3. The van der Waals surface area contributed by atoms with Gasteiger partial charge in [0.1, 0.15) is 5.75 Å². The number of esters is 1. The lowest BCUT2D eigenvalue weighted by Gasteiger charge is -2.17. The van der Waals surface area contributed by atoms with E-state index in [4.69, 9.17) is 4.74 Å². The fourth-order valence-electron chi connectivity index (χ4n) is 2.32. The van der Waals surface area contributed by atoms with E-state index in [1.54, 1.807) is 12.3 Å². The van der Waals surface area contributed by atoms with Crippen LogP contribution in [0, 0.1) is 5.41 Å². The highest BCUT2D eigenvalue weighted by molar-refractivity contribution is 5.81. The Morgan fingerprint density at radius 2 is 1.95 bits per heavy atom. The minimum Gasteiger partial charge on any atom is -0.426 e. The van der Waals surface area contributed by atoms with Crippen molar-refractivity contribution in [3.05, 3.63) is 47.7 Å². The Bertz CT molecular complexity index is 684. The Morgan fingerprint density at radius 1 is 1.20 bits per heavy atom. The highest BCUT2D eigenvalue weighted by Crippen LogP contribution is 2.39. The van der Waals surface area contributed by atoms with Crippen LogP contribution in [0.3, 0.4) is 0 Å². The molecule has 0 N–H and O–H groups in total. The van der Waals surface area contributed by atoms with E-state index in [2.05, 4.69) is 17.1 Å². The van der Waals surface area contributed by atoms with Crippen molar-refractivity contribution in [3.63, 3.8) is 0 Å². The minimum absolute atomic E-state index is 0.221. The SMILES string of the molecule is CC(C)(C)C(=O)Oc1ccnc2c1Cc1ccccc1-2. The maximum Gasteiger partial charge on any atom is 0.316 e. The van der Waals surface area contributed by atoms with Crippen molar-refractivity contribution in [2.75, 3.05) is 0 Å². The van der Waals surface area contributed by atoms with Crippen LogP contribution < -0.4 is 4.74 Å². The molecule has 102 valence electrons. The van der Waals surface area contributed by atoms with Crippen LogP contribution in [-0.4, -0.2) is 11.0 Å². The molecule has 3 heteroatoms. The largest absolute Gasteiger partial charge is 0.426 e. The van der Waals surface area contributed by atoms with Crippen LogP contribution in [0.1, 0.15) is 31.9 Å². The predicted molar refractivity (Wildman–Crippen MR) is 77.6 cm³/mol. The number of carbonyl (C=O) groups excluding carboxylic acids is 1. The molecule has 3 nitrogen and oxygen atoms in total. The van der Waals surface area contributed by atoms with E-state index < -0.39 is 5.41 Å². The molecule has 0 fully saturated rings. The Labute approximate surface area is 118 Å². The number of nitrogens with zero attached hydrogens (tertiary/aromatic N) is 1. The molecule has 20 heavy (non-hydrogen) atoms. The molecular weight excluding hydrogens is 250 g/mol. The van der Waals surface area contributed by atoms with Crippen LogP contribution in [0.4, 0.5) is 0 Å². The molecule has 1 aromatic carbocycles. The number of carbonyl (C=O) groups is 1. The van der Waals surface area contributed by atoms with Crippen LogP contribution in [-0.2, 0) is 11.2 Å². The molecule has 0 atom stereocenters. The second kappa shape index (κ2) is 4.44. The third-order valence-corrected chi connectivity index (χ3v) is 3.47. The smallest absolute Gasteiger partial charge is 0.316 e. The number of aromatic nitrogens is 1. The van der Waals surface area contributed by atoms with Crippen LogP contribution in [0.25, 0.3) is 11.3 Å². The Kier molecular flexibility index (Phi) is 2.85. The maximum atomic E-state index is 12.1. The van der Waals surface area contributed by atoms with Crippen LogP contribution >= 0.6 is 0 Å². The average Bonchev–Trinajstić information content (AvgIpc) is 2.77. The zero-order valence-corrected chi connectivity index (χ0v) is 11.9. The summed E-state index contributed by atoms with van der Waals surface area (Å²) in [5.74, 6) is 0.410. The molecule has 2 aromatic rings. The predicted octanol–water partition coefficient (Wildman–Crippen LogP) is 3.60. The summed E-state index contributed by atoms with van der Waals surface area (Å²) < 4.78 is 5.57. The van der Waals surface area contributed by atoms with Gasteiger partial charge in [-0.1, -0.05) is 24.3 Å². The molecule has 3 rings (SSSR count).